The molecule has 6 rings (SSSR count). The molecule has 264 valence electrons. The third-order valence-electron chi connectivity index (χ3n) is 8.78. The van der Waals surface area contributed by atoms with Gasteiger partial charge < -0.3 is 24.8 Å². The molecular weight excluding hydrogens is 774 g/mol. The van der Waals surface area contributed by atoms with Crippen molar-refractivity contribution in [1.29, 1.82) is 0 Å². The topological polar surface area (TPSA) is 0 Å². The molecule has 0 radical (unpaired) electrons. The summed E-state index contributed by atoms with van der Waals surface area (Å²) in [5.74, 6) is 0. The molecule has 0 unspecified atom stereocenters. The fourth-order valence-electron chi connectivity index (χ4n) is 5.66. The number of hydrogen-bond acceptors (Lipinski definition) is 0. The maximum Gasteiger partial charge on any atom is -1.00 e. The van der Waals surface area contributed by atoms with Gasteiger partial charge in [-0.3, -0.25) is 0 Å². The van der Waals surface area contributed by atoms with E-state index in [0.29, 0.717) is 5.41 Å². The summed E-state index contributed by atoms with van der Waals surface area (Å²) in [5.41, 5.74) is 14.2. The number of hydrogen-bond donors (Lipinski definition) is 0. The summed E-state index contributed by atoms with van der Waals surface area (Å²) >= 11 is 13.3. The van der Waals surface area contributed by atoms with Crippen LogP contribution in [0.25, 0.3) is 11.1 Å². The molecule has 0 nitrogen and oxygen atoms in total. The van der Waals surface area contributed by atoms with Crippen LogP contribution in [0.3, 0.4) is 0 Å². The molecule has 0 aromatic heterocycles. The number of benzene rings is 4. The van der Waals surface area contributed by atoms with Crippen molar-refractivity contribution in [2.45, 2.75) is 98.3 Å². The van der Waals surface area contributed by atoms with Crippen molar-refractivity contribution >= 4 is 26.4 Å². The summed E-state index contributed by atoms with van der Waals surface area (Å²) < 4.78 is 1.26. The molecule has 0 spiro atoms. The predicted octanol–water partition coefficient (Wildman–Crippen LogP) is 7.04. The van der Waals surface area contributed by atoms with E-state index in [1.54, 1.807) is 0 Å². The van der Waals surface area contributed by atoms with Gasteiger partial charge in [0.15, 0.2) is 0 Å². The van der Waals surface area contributed by atoms with Gasteiger partial charge in [0.25, 0.3) is 0 Å². The first-order valence-electron chi connectivity index (χ1n) is 16.9. The van der Waals surface area contributed by atoms with Gasteiger partial charge in [-0.05, 0) is 28.4 Å². The van der Waals surface area contributed by atoms with Crippen molar-refractivity contribution in [1.82, 2.24) is 0 Å². The van der Waals surface area contributed by atoms with Gasteiger partial charge in [-0.15, -0.1) is 11.1 Å². The zero-order valence-electron chi connectivity index (χ0n) is 31.2. The van der Waals surface area contributed by atoms with Crippen molar-refractivity contribution < 1.29 is 49.0 Å². The number of rotatable bonds is 3. The summed E-state index contributed by atoms with van der Waals surface area (Å²) in [4.78, 5) is 0. The van der Waals surface area contributed by atoms with E-state index in [-0.39, 0.29) is 35.6 Å². The van der Waals surface area contributed by atoms with Crippen LogP contribution < -0.4 is 24.8 Å². The summed E-state index contributed by atoms with van der Waals surface area (Å²) in [6.07, 6.45) is 2.18. The summed E-state index contributed by atoms with van der Waals surface area (Å²) in [5, 5.41) is 1.53. The summed E-state index contributed by atoms with van der Waals surface area (Å²) in [6, 6.07) is 37.7. The van der Waals surface area contributed by atoms with Crippen LogP contribution in [0.2, 0.25) is 10.0 Å². The van der Waals surface area contributed by atoms with E-state index < -0.39 is 0 Å². The average molecular weight is 824 g/mol. The molecule has 1 aliphatic rings. The zero-order chi connectivity index (χ0) is 35.4. The third-order valence-corrected chi connectivity index (χ3v) is 10.7. The molecule has 0 heterocycles. The smallest absolute Gasteiger partial charge is 1.00 e. The Morgan fingerprint density at radius 2 is 1.22 bits per heavy atom. The maximum absolute atomic E-state index is 5.98. The van der Waals surface area contributed by atoms with E-state index in [9.17, 15) is 0 Å². The van der Waals surface area contributed by atoms with Gasteiger partial charge in [0, 0.05) is 0 Å². The quantitative estimate of drug-likeness (QED) is 0.168. The fourth-order valence-corrected chi connectivity index (χ4v) is 6.81. The summed E-state index contributed by atoms with van der Waals surface area (Å²) in [6.45, 7) is 22.6. The van der Waals surface area contributed by atoms with Gasteiger partial charge in [0.1, 0.15) is 0 Å². The van der Waals surface area contributed by atoms with Crippen LogP contribution in [0, 0.1) is 6.07 Å². The van der Waals surface area contributed by atoms with E-state index in [0.717, 1.165) is 34.0 Å². The minimum absolute atomic E-state index is 0. The molecule has 0 saturated carbocycles. The number of fused-ring (bicyclic) bond motifs is 3. The van der Waals surface area contributed by atoms with Gasteiger partial charge >= 0.3 is 120 Å². The molecule has 5 heteroatoms. The zero-order valence-corrected chi connectivity index (χ0v) is 36.6. The molecule has 0 aliphatic heterocycles. The minimum Gasteiger partial charge on any atom is -1.00 e. The van der Waals surface area contributed by atoms with E-state index in [2.05, 4.69) is 136 Å². The molecule has 0 N–H and O–H groups in total. The van der Waals surface area contributed by atoms with Crippen molar-refractivity contribution in [2.24, 2.45) is 0 Å². The SMILES string of the molecule is CC(C)(C)c1[c-]c2c(cc1)-c1ccc(C(C)(C)C)cc1C2.CCc1cc(C(C)(C)C)c[cH-]1.Clc1cccc([C](=[Zr+2])c2cccc(Cl)c2)c1.[Cl-].[Cl-]. The van der Waals surface area contributed by atoms with Gasteiger partial charge in [-0.25, -0.2) is 6.07 Å². The molecule has 0 amide bonds. The molecule has 50 heavy (non-hydrogen) atoms. The van der Waals surface area contributed by atoms with Crippen LogP contribution >= 0.6 is 23.2 Å². The Hall–Kier alpha value is -1.86. The largest absolute Gasteiger partial charge is 1.00 e. The average Bonchev–Trinajstić information content (AvgIpc) is 3.65. The Morgan fingerprint density at radius 1 is 0.680 bits per heavy atom. The van der Waals surface area contributed by atoms with Gasteiger partial charge in [0.2, 0.25) is 0 Å². The Kier molecular flexibility index (Phi) is 16.2. The van der Waals surface area contributed by atoms with Gasteiger partial charge in [-0.2, -0.15) is 47.0 Å². The predicted molar refractivity (Wildman–Crippen MR) is 207 cm³/mol. The van der Waals surface area contributed by atoms with Crippen LogP contribution in [-0.4, -0.2) is 3.21 Å². The minimum atomic E-state index is 0. The monoisotopic (exact) mass is 820 g/mol. The van der Waals surface area contributed by atoms with E-state index >= 15 is 0 Å². The maximum atomic E-state index is 5.98. The van der Waals surface area contributed by atoms with Crippen molar-refractivity contribution in [3.05, 3.63) is 158 Å². The first-order chi connectivity index (χ1) is 22.4. The molecule has 5 aromatic rings. The Balaban J connectivity index is 0.000000268. The standard InChI is InChI=1S/C21H25.C13H8Cl2.C11H17.2ClH.Zr/c1-20(2,3)16-7-9-18-14(12-16)11-15-13-17(21(4,5)6)8-10-19(15)18;14-12-5-1-3-10(8-12)7-11-4-2-6-13(15)9-11;1-5-9-6-7-10(8-9)11(2,3)4;;;/h7-10,12H,11H2,1-6H3;1-6,8-9H;6-8H,5H2,1-4H3;2*1H;/q-1;;-1;;;+2/p-2. The van der Waals surface area contributed by atoms with E-state index in [4.69, 9.17) is 23.2 Å². The van der Waals surface area contributed by atoms with Crippen LogP contribution in [0.4, 0.5) is 0 Å². The Labute approximate surface area is 339 Å². The first-order valence-corrected chi connectivity index (χ1v) is 18.9. The van der Waals surface area contributed by atoms with Crippen LogP contribution in [0.15, 0.2) is 97.1 Å². The molecule has 0 atom stereocenters. The first kappa shape index (κ1) is 44.3. The van der Waals surface area contributed by atoms with E-state index in [1.807, 2.05) is 36.4 Å². The van der Waals surface area contributed by atoms with Crippen molar-refractivity contribution in [3.63, 3.8) is 0 Å². The van der Waals surface area contributed by atoms with Crippen molar-refractivity contribution in [2.75, 3.05) is 0 Å². The fraction of sp³-hybridized carbons (Fsp3) is 0.333. The molecule has 5 aromatic carbocycles. The second-order valence-corrected chi connectivity index (χ2v) is 17.9. The normalized spacial score (nSPS) is 11.8. The molecule has 0 bridgehead atoms. The molecular formula is C45H50Cl4Zr-2. The van der Waals surface area contributed by atoms with E-state index in [1.165, 1.54) is 71.9 Å². The van der Waals surface area contributed by atoms with Crippen LogP contribution in [0.5, 0.6) is 0 Å². The Morgan fingerprint density at radius 3 is 1.66 bits per heavy atom. The van der Waals surface area contributed by atoms with Crippen LogP contribution in [-0.2, 0) is 53.3 Å². The van der Waals surface area contributed by atoms with Crippen molar-refractivity contribution in [3.8, 4) is 11.1 Å². The number of halogens is 4. The third kappa shape index (κ3) is 11.8. The second-order valence-electron chi connectivity index (χ2n) is 15.8. The van der Waals surface area contributed by atoms with Gasteiger partial charge in [0.05, 0.1) is 0 Å². The molecule has 1 aliphatic carbocycles. The molecule has 0 saturated heterocycles. The van der Waals surface area contributed by atoms with Gasteiger partial charge in [-0.1, -0.05) is 105 Å². The Bertz CT molecular complexity index is 1770. The summed E-state index contributed by atoms with van der Waals surface area (Å²) in [7, 11) is 0. The number of aryl methyl sites for hydroxylation is 1. The van der Waals surface area contributed by atoms with Crippen LogP contribution in [0.1, 0.15) is 114 Å². The second kappa shape index (κ2) is 18.3. The molecule has 0 fully saturated rings.